The van der Waals surface area contributed by atoms with Crippen LogP contribution in [0.4, 0.5) is 4.39 Å². The van der Waals surface area contributed by atoms with Crippen LogP contribution in [0.2, 0.25) is 10.0 Å². The minimum atomic E-state index is -0.917. The van der Waals surface area contributed by atoms with E-state index in [0.29, 0.717) is 16.1 Å². The summed E-state index contributed by atoms with van der Waals surface area (Å²) < 4.78 is 13.3. The minimum absolute atomic E-state index is 0.0868. The highest BCUT2D eigenvalue weighted by Gasteiger charge is 2.46. The number of carbonyl (C=O) groups is 2. The van der Waals surface area contributed by atoms with Gasteiger partial charge in [0.15, 0.2) is 0 Å². The zero-order chi connectivity index (χ0) is 22.1. The maximum absolute atomic E-state index is 13.3. The average Bonchev–Trinajstić information content (AvgIpc) is 3.01. The normalized spacial score (nSPS) is 17.9. The van der Waals surface area contributed by atoms with E-state index >= 15 is 0 Å². The molecule has 1 unspecified atom stereocenters. The molecule has 3 aromatic rings. The van der Waals surface area contributed by atoms with Crippen LogP contribution >= 0.6 is 23.2 Å². The number of halogens is 3. The molecule has 0 saturated carbocycles. The second kappa shape index (κ2) is 8.49. The highest BCUT2D eigenvalue weighted by Crippen LogP contribution is 2.41. The number of carbonyl (C=O) groups excluding carboxylic acids is 2. The predicted molar refractivity (Wildman–Crippen MR) is 115 cm³/mol. The highest BCUT2D eigenvalue weighted by atomic mass is 35.5. The summed E-state index contributed by atoms with van der Waals surface area (Å²) in [7, 11) is 0. The van der Waals surface area contributed by atoms with Crippen molar-refractivity contribution in [2.24, 2.45) is 0 Å². The number of likely N-dealkylation sites (tertiary alicyclic amines) is 1. The number of aliphatic hydroxyl groups excluding tert-OH is 1. The van der Waals surface area contributed by atoms with E-state index < -0.39 is 29.3 Å². The summed E-state index contributed by atoms with van der Waals surface area (Å²) in [5.41, 5.74) is 1.31. The molecule has 0 radical (unpaired) electrons. The Kier molecular flexibility index (Phi) is 5.76. The topological polar surface area (TPSA) is 70.5 Å². The van der Waals surface area contributed by atoms with Gasteiger partial charge in [0.1, 0.15) is 11.6 Å². The molecular weight excluding hydrogens is 442 g/mol. The molecule has 1 saturated heterocycles. The summed E-state index contributed by atoms with van der Waals surface area (Å²) in [6, 6.07) is 12.3. The number of amides is 1. The van der Waals surface area contributed by atoms with Gasteiger partial charge >= 0.3 is 0 Å². The van der Waals surface area contributed by atoms with Gasteiger partial charge in [-0.1, -0.05) is 35.3 Å². The standard InChI is InChI=1S/C23H15Cl2FN2O3/c24-17-8-5-15(10-18(17)25)20-19(21(29)14-3-6-16(26)7-4-14)22(30)23(31)28(20)12-13-2-1-9-27-11-13/h1-11,20,29H,12H2/b21-19+. The fraction of sp³-hybridized carbons (Fsp3) is 0.0870. The van der Waals surface area contributed by atoms with Gasteiger partial charge in [-0.15, -0.1) is 0 Å². The first-order chi connectivity index (χ1) is 14.9. The van der Waals surface area contributed by atoms with E-state index in [2.05, 4.69) is 4.98 Å². The van der Waals surface area contributed by atoms with Crippen molar-refractivity contribution in [3.05, 3.63) is 105 Å². The molecule has 0 spiro atoms. The molecule has 0 aliphatic carbocycles. The van der Waals surface area contributed by atoms with Crippen molar-refractivity contribution in [3.8, 4) is 0 Å². The van der Waals surface area contributed by atoms with Crippen LogP contribution in [0, 0.1) is 5.82 Å². The molecule has 31 heavy (non-hydrogen) atoms. The lowest BCUT2D eigenvalue weighted by Crippen LogP contribution is -2.29. The summed E-state index contributed by atoms with van der Waals surface area (Å²) in [4.78, 5) is 31.3. The summed E-state index contributed by atoms with van der Waals surface area (Å²) in [6.45, 7) is 0.0868. The Morgan fingerprint density at radius 3 is 2.45 bits per heavy atom. The second-order valence-corrected chi connectivity index (χ2v) is 7.78. The fourth-order valence-corrected chi connectivity index (χ4v) is 3.83. The SMILES string of the molecule is O=C1C(=O)N(Cc2cccnc2)C(c2ccc(Cl)c(Cl)c2)/C1=C(\O)c1ccc(F)cc1. The van der Waals surface area contributed by atoms with E-state index in [1.165, 1.54) is 17.0 Å². The van der Waals surface area contributed by atoms with Crippen LogP contribution in [0.1, 0.15) is 22.7 Å². The highest BCUT2D eigenvalue weighted by molar-refractivity contribution is 6.46. The number of hydrogen-bond donors (Lipinski definition) is 1. The summed E-state index contributed by atoms with van der Waals surface area (Å²) in [5.74, 6) is -2.51. The third-order valence-corrected chi connectivity index (χ3v) is 5.73. The van der Waals surface area contributed by atoms with E-state index in [0.717, 1.165) is 12.1 Å². The van der Waals surface area contributed by atoms with Crippen molar-refractivity contribution in [1.82, 2.24) is 9.88 Å². The molecule has 1 atom stereocenters. The van der Waals surface area contributed by atoms with Gasteiger partial charge in [-0.2, -0.15) is 0 Å². The lowest BCUT2D eigenvalue weighted by atomic mass is 9.95. The first-order valence-electron chi connectivity index (χ1n) is 9.25. The Bertz CT molecular complexity index is 1200. The molecule has 2 aromatic carbocycles. The molecule has 156 valence electrons. The van der Waals surface area contributed by atoms with E-state index in [4.69, 9.17) is 23.2 Å². The van der Waals surface area contributed by atoms with Crippen LogP contribution in [0.5, 0.6) is 0 Å². The van der Waals surface area contributed by atoms with Gasteiger partial charge in [0.25, 0.3) is 11.7 Å². The molecular formula is C23H15Cl2FN2O3. The van der Waals surface area contributed by atoms with Gasteiger partial charge in [0.2, 0.25) is 0 Å². The Hall–Kier alpha value is -3.22. The number of aromatic nitrogens is 1. The Labute approximate surface area is 187 Å². The van der Waals surface area contributed by atoms with Gasteiger partial charge in [-0.25, -0.2) is 4.39 Å². The third-order valence-electron chi connectivity index (χ3n) is 4.99. The summed E-state index contributed by atoms with van der Waals surface area (Å²) in [5, 5.41) is 11.5. The molecule has 1 aromatic heterocycles. The first kappa shape index (κ1) is 21.0. The number of rotatable bonds is 4. The van der Waals surface area contributed by atoms with Gasteiger partial charge < -0.3 is 10.0 Å². The molecule has 1 aliphatic rings. The lowest BCUT2D eigenvalue weighted by Gasteiger charge is -2.25. The maximum Gasteiger partial charge on any atom is 0.295 e. The lowest BCUT2D eigenvalue weighted by molar-refractivity contribution is -0.140. The molecule has 5 nitrogen and oxygen atoms in total. The van der Waals surface area contributed by atoms with Gasteiger partial charge in [0, 0.05) is 24.5 Å². The zero-order valence-electron chi connectivity index (χ0n) is 15.9. The molecule has 8 heteroatoms. The number of pyridine rings is 1. The van der Waals surface area contributed by atoms with E-state index in [9.17, 15) is 19.1 Å². The number of Topliss-reactive ketones (excluding diaryl/α,β-unsaturated/α-hetero) is 1. The maximum atomic E-state index is 13.3. The van der Waals surface area contributed by atoms with Crippen LogP contribution in [0.3, 0.4) is 0 Å². The number of aliphatic hydroxyl groups is 1. The molecule has 1 fully saturated rings. The van der Waals surface area contributed by atoms with Crippen LogP contribution < -0.4 is 0 Å². The van der Waals surface area contributed by atoms with Crippen molar-refractivity contribution in [2.45, 2.75) is 12.6 Å². The monoisotopic (exact) mass is 456 g/mol. The Balaban J connectivity index is 1.88. The van der Waals surface area contributed by atoms with Crippen LogP contribution in [0.25, 0.3) is 5.76 Å². The summed E-state index contributed by atoms with van der Waals surface area (Å²) >= 11 is 12.2. The molecule has 0 bridgehead atoms. The van der Waals surface area contributed by atoms with Crippen molar-refractivity contribution in [1.29, 1.82) is 0 Å². The van der Waals surface area contributed by atoms with E-state index in [1.54, 1.807) is 42.7 Å². The van der Waals surface area contributed by atoms with Crippen LogP contribution in [0.15, 0.2) is 72.6 Å². The fourth-order valence-electron chi connectivity index (χ4n) is 3.52. The van der Waals surface area contributed by atoms with Gasteiger partial charge in [-0.05, 0) is 53.6 Å². The molecule has 1 N–H and O–H groups in total. The van der Waals surface area contributed by atoms with Crippen molar-refractivity contribution in [3.63, 3.8) is 0 Å². The predicted octanol–water partition coefficient (Wildman–Crippen LogP) is 5.15. The average molecular weight is 457 g/mol. The van der Waals surface area contributed by atoms with E-state index in [1.807, 2.05) is 0 Å². The molecule has 1 aliphatic heterocycles. The Morgan fingerprint density at radius 1 is 1.06 bits per heavy atom. The number of nitrogens with zero attached hydrogens (tertiary/aromatic N) is 2. The quantitative estimate of drug-likeness (QED) is 0.334. The summed E-state index contributed by atoms with van der Waals surface area (Å²) in [6.07, 6.45) is 3.19. The number of benzene rings is 2. The van der Waals surface area contributed by atoms with Crippen LogP contribution in [-0.2, 0) is 16.1 Å². The van der Waals surface area contributed by atoms with Crippen LogP contribution in [-0.4, -0.2) is 26.7 Å². The Morgan fingerprint density at radius 2 is 1.81 bits per heavy atom. The van der Waals surface area contributed by atoms with Gasteiger partial charge in [-0.3, -0.25) is 14.6 Å². The molecule has 2 heterocycles. The van der Waals surface area contributed by atoms with Crippen molar-refractivity contribution in [2.75, 3.05) is 0 Å². The van der Waals surface area contributed by atoms with Gasteiger partial charge in [0.05, 0.1) is 21.7 Å². The molecule has 4 rings (SSSR count). The molecule has 1 amide bonds. The minimum Gasteiger partial charge on any atom is -0.507 e. The smallest absolute Gasteiger partial charge is 0.295 e. The van der Waals surface area contributed by atoms with E-state index in [-0.39, 0.29) is 22.7 Å². The zero-order valence-corrected chi connectivity index (χ0v) is 17.4. The number of ketones is 1. The number of hydrogen-bond acceptors (Lipinski definition) is 4. The third kappa shape index (κ3) is 4.04. The first-order valence-corrected chi connectivity index (χ1v) is 10.0. The second-order valence-electron chi connectivity index (χ2n) is 6.97. The largest absolute Gasteiger partial charge is 0.507 e. The van der Waals surface area contributed by atoms with Crippen molar-refractivity contribution >= 4 is 40.7 Å². The van der Waals surface area contributed by atoms with Crippen molar-refractivity contribution < 1.29 is 19.1 Å².